The van der Waals surface area contributed by atoms with Gasteiger partial charge >= 0.3 is 5.97 Å². The van der Waals surface area contributed by atoms with Gasteiger partial charge < -0.3 is 14.2 Å². The predicted molar refractivity (Wildman–Crippen MR) is 106 cm³/mol. The lowest BCUT2D eigenvalue weighted by Gasteiger charge is -2.17. The van der Waals surface area contributed by atoms with Crippen LogP contribution >= 0.6 is 0 Å². The molecule has 6 nitrogen and oxygen atoms in total. The third-order valence-electron chi connectivity index (χ3n) is 4.54. The molecule has 1 aliphatic heterocycles. The van der Waals surface area contributed by atoms with Crippen LogP contribution in [-0.2, 0) is 14.3 Å². The first-order valence-corrected chi connectivity index (χ1v) is 8.64. The van der Waals surface area contributed by atoms with E-state index in [0.29, 0.717) is 28.4 Å². The van der Waals surface area contributed by atoms with Gasteiger partial charge in [-0.1, -0.05) is 18.2 Å². The summed E-state index contributed by atoms with van der Waals surface area (Å²) in [6.45, 7) is 1.73. The van der Waals surface area contributed by atoms with Crippen molar-refractivity contribution in [1.82, 2.24) is 0 Å². The molecule has 0 spiro atoms. The molecule has 0 fully saturated rings. The first kappa shape index (κ1) is 19.2. The summed E-state index contributed by atoms with van der Waals surface area (Å²) in [5.74, 6) is 0.284. The maximum absolute atomic E-state index is 13.2. The Balaban J connectivity index is 2.15. The highest BCUT2D eigenvalue weighted by Crippen LogP contribution is 2.36. The number of hydrogen-bond acceptors (Lipinski definition) is 5. The average molecular weight is 379 g/mol. The zero-order valence-electron chi connectivity index (χ0n) is 16.2. The van der Waals surface area contributed by atoms with E-state index in [1.165, 1.54) is 19.1 Å². The summed E-state index contributed by atoms with van der Waals surface area (Å²) in [7, 11) is 4.39. The summed E-state index contributed by atoms with van der Waals surface area (Å²) in [6.07, 6.45) is 1.64. The van der Waals surface area contributed by atoms with Crippen LogP contribution in [0.5, 0.6) is 11.5 Å². The van der Waals surface area contributed by atoms with Crippen molar-refractivity contribution in [2.75, 3.05) is 26.2 Å². The Morgan fingerprint density at radius 1 is 1.00 bits per heavy atom. The van der Waals surface area contributed by atoms with Crippen LogP contribution in [0.1, 0.15) is 12.5 Å². The lowest BCUT2D eigenvalue weighted by molar-refractivity contribution is -0.136. The molecule has 1 amide bonds. The van der Waals surface area contributed by atoms with E-state index in [9.17, 15) is 9.59 Å². The molecule has 0 unspecified atom stereocenters. The van der Waals surface area contributed by atoms with Gasteiger partial charge in [-0.15, -0.1) is 0 Å². The van der Waals surface area contributed by atoms with Crippen LogP contribution in [0.2, 0.25) is 0 Å². The highest BCUT2D eigenvalue weighted by atomic mass is 16.5. The van der Waals surface area contributed by atoms with Crippen molar-refractivity contribution < 1.29 is 23.8 Å². The second-order valence-electron chi connectivity index (χ2n) is 6.09. The van der Waals surface area contributed by atoms with Crippen molar-refractivity contribution in [3.05, 3.63) is 70.9 Å². The molecule has 28 heavy (non-hydrogen) atoms. The van der Waals surface area contributed by atoms with Gasteiger partial charge in [-0.05, 0) is 37.3 Å². The van der Waals surface area contributed by atoms with Crippen molar-refractivity contribution >= 4 is 23.6 Å². The van der Waals surface area contributed by atoms with E-state index in [1.807, 2.05) is 30.3 Å². The smallest absolute Gasteiger partial charge is 0.340 e. The highest BCUT2D eigenvalue weighted by molar-refractivity contribution is 6.23. The molecule has 3 rings (SSSR count). The van der Waals surface area contributed by atoms with E-state index in [4.69, 9.17) is 14.2 Å². The van der Waals surface area contributed by atoms with Gasteiger partial charge in [-0.25, -0.2) is 4.79 Å². The summed E-state index contributed by atoms with van der Waals surface area (Å²) in [4.78, 5) is 27.2. The lowest BCUT2D eigenvalue weighted by Crippen LogP contribution is -2.24. The average Bonchev–Trinajstić information content (AvgIpc) is 2.97. The number of para-hydroxylation sites is 1. The number of hydrogen-bond donors (Lipinski definition) is 0. The van der Waals surface area contributed by atoms with Gasteiger partial charge in [0.05, 0.1) is 32.5 Å². The Hall–Kier alpha value is -3.54. The van der Waals surface area contributed by atoms with E-state index < -0.39 is 5.97 Å². The molecule has 0 N–H and O–H groups in total. The minimum atomic E-state index is -0.567. The summed E-state index contributed by atoms with van der Waals surface area (Å²) in [5, 5.41) is 0. The Morgan fingerprint density at radius 2 is 1.71 bits per heavy atom. The number of benzene rings is 2. The van der Waals surface area contributed by atoms with E-state index in [2.05, 4.69) is 0 Å². The number of carbonyl (C=O) groups excluding carboxylic acids is 2. The molecule has 0 aromatic heterocycles. The molecule has 6 heteroatoms. The van der Waals surface area contributed by atoms with Gasteiger partial charge in [-0.3, -0.25) is 9.69 Å². The molecular formula is C22H21NO5. The van der Waals surface area contributed by atoms with Crippen molar-refractivity contribution in [1.29, 1.82) is 0 Å². The molecule has 1 heterocycles. The molecule has 0 bridgehead atoms. The Labute approximate surface area is 163 Å². The van der Waals surface area contributed by atoms with Gasteiger partial charge in [0.2, 0.25) is 0 Å². The number of allylic oxidation sites excluding steroid dienone is 1. The van der Waals surface area contributed by atoms with Crippen molar-refractivity contribution in [2.45, 2.75) is 6.92 Å². The SMILES string of the molecule is COC(=O)C1=C(C)N(c2ccccc2)C(=O)/C1=C\c1ccc(OC)cc1OC. The zero-order chi connectivity index (χ0) is 20.3. The molecule has 1 aliphatic rings. The standard InChI is InChI=1S/C22H21NO5/c1-14-20(22(25)28-4)18(21(24)23(14)16-8-6-5-7-9-16)12-15-10-11-17(26-2)13-19(15)27-3/h5-13H,1-4H3/b18-12-. The van der Waals surface area contributed by atoms with Gasteiger partial charge in [0, 0.05) is 23.0 Å². The molecule has 144 valence electrons. The number of anilines is 1. The molecule has 2 aromatic rings. The highest BCUT2D eigenvalue weighted by Gasteiger charge is 2.38. The van der Waals surface area contributed by atoms with Crippen LogP contribution in [0.25, 0.3) is 6.08 Å². The number of amides is 1. The number of ether oxygens (including phenoxy) is 3. The van der Waals surface area contributed by atoms with E-state index in [-0.39, 0.29) is 17.1 Å². The number of nitrogens with zero attached hydrogens (tertiary/aromatic N) is 1. The van der Waals surface area contributed by atoms with Gasteiger partial charge in [0.15, 0.2) is 0 Å². The number of carbonyl (C=O) groups is 2. The van der Waals surface area contributed by atoms with E-state index in [0.717, 1.165) is 0 Å². The monoisotopic (exact) mass is 379 g/mol. The molecule has 0 radical (unpaired) electrons. The van der Waals surface area contributed by atoms with Crippen molar-refractivity contribution in [3.8, 4) is 11.5 Å². The molecule has 0 aliphatic carbocycles. The zero-order valence-corrected chi connectivity index (χ0v) is 16.2. The second-order valence-corrected chi connectivity index (χ2v) is 6.09. The normalized spacial score (nSPS) is 15.2. The molecular weight excluding hydrogens is 358 g/mol. The van der Waals surface area contributed by atoms with Crippen LogP contribution in [0.3, 0.4) is 0 Å². The largest absolute Gasteiger partial charge is 0.497 e. The minimum absolute atomic E-state index is 0.231. The van der Waals surface area contributed by atoms with E-state index in [1.54, 1.807) is 38.3 Å². The Morgan fingerprint density at radius 3 is 2.32 bits per heavy atom. The molecule has 0 atom stereocenters. The summed E-state index contributed by atoms with van der Waals surface area (Å²) in [6, 6.07) is 14.4. The van der Waals surface area contributed by atoms with Crippen LogP contribution in [-0.4, -0.2) is 33.2 Å². The maximum Gasteiger partial charge on any atom is 0.340 e. The quantitative estimate of drug-likeness (QED) is 0.587. The first-order chi connectivity index (χ1) is 13.5. The van der Waals surface area contributed by atoms with Gasteiger partial charge in [-0.2, -0.15) is 0 Å². The molecule has 2 aromatic carbocycles. The van der Waals surface area contributed by atoms with Gasteiger partial charge in [0.1, 0.15) is 11.5 Å². The Bertz CT molecular complexity index is 976. The van der Waals surface area contributed by atoms with Crippen LogP contribution in [0, 0.1) is 0 Å². The second kappa shape index (κ2) is 8.00. The van der Waals surface area contributed by atoms with Crippen molar-refractivity contribution in [3.63, 3.8) is 0 Å². The number of rotatable bonds is 5. The van der Waals surface area contributed by atoms with Gasteiger partial charge in [0.25, 0.3) is 5.91 Å². The summed E-state index contributed by atoms with van der Waals surface area (Å²) in [5.41, 5.74) is 2.32. The lowest BCUT2D eigenvalue weighted by atomic mass is 10.0. The Kier molecular flexibility index (Phi) is 5.49. The number of esters is 1. The van der Waals surface area contributed by atoms with E-state index >= 15 is 0 Å². The van der Waals surface area contributed by atoms with Crippen molar-refractivity contribution in [2.24, 2.45) is 0 Å². The summed E-state index contributed by atoms with van der Waals surface area (Å²) >= 11 is 0. The fourth-order valence-electron chi connectivity index (χ4n) is 3.16. The number of methoxy groups -OCH3 is 3. The third kappa shape index (κ3) is 3.36. The third-order valence-corrected chi connectivity index (χ3v) is 4.54. The predicted octanol–water partition coefficient (Wildman–Crippen LogP) is 3.58. The fourth-order valence-corrected chi connectivity index (χ4v) is 3.16. The fraction of sp³-hybridized carbons (Fsp3) is 0.182. The van der Waals surface area contributed by atoms with Crippen LogP contribution < -0.4 is 14.4 Å². The van der Waals surface area contributed by atoms with Crippen LogP contribution in [0.15, 0.2) is 65.4 Å². The molecule has 0 saturated carbocycles. The molecule has 0 saturated heterocycles. The minimum Gasteiger partial charge on any atom is -0.497 e. The van der Waals surface area contributed by atoms with Crippen LogP contribution in [0.4, 0.5) is 5.69 Å². The maximum atomic E-state index is 13.2. The summed E-state index contributed by atoms with van der Waals surface area (Å²) < 4.78 is 15.6. The first-order valence-electron chi connectivity index (χ1n) is 8.64. The topological polar surface area (TPSA) is 65.1 Å².